The maximum Gasteiger partial charge on any atom is 0.0202 e. The van der Waals surface area contributed by atoms with E-state index in [9.17, 15) is 0 Å². The van der Waals surface area contributed by atoms with Gasteiger partial charge < -0.3 is 5.32 Å². The van der Waals surface area contributed by atoms with Crippen molar-refractivity contribution in [3.63, 3.8) is 0 Å². The van der Waals surface area contributed by atoms with Crippen LogP contribution in [0.1, 0.15) is 16.7 Å². The minimum Gasteiger partial charge on any atom is -0.316 e. The fourth-order valence-corrected chi connectivity index (χ4v) is 2.14. The Labute approximate surface area is 103 Å². The molecule has 0 amide bonds. The van der Waals surface area contributed by atoms with Gasteiger partial charge in [0.1, 0.15) is 0 Å². The number of benzene rings is 2. The third-order valence-electron chi connectivity index (χ3n) is 3.03. The standard InChI is InChI=1S/C16H19N/c1-12-4-9-16(13(2)10-12)15-7-5-14(6-8-15)11-17-3/h4-10,17H,11H2,1-3H3. The van der Waals surface area contributed by atoms with E-state index in [0.29, 0.717) is 0 Å². The second-order valence-corrected chi connectivity index (χ2v) is 4.55. The van der Waals surface area contributed by atoms with Gasteiger partial charge >= 0.3 is 0 Å². The first-order valence-corrected chi connectivity index (χ1v) is 6.02. The highest BCUT2D eigenvalue weighted by atomic mass is 14.8. The minimum absolute atomic E-state index is 0.924. The molecule has 0 saturated heterocycles. The summed E-state index contributed by atoms with van der Waals surface area (Å²) in [6.45, 7) is 5.23. The Kier molecular flexibility index (Phi) is 3.60. The van der Waals surface area contributed by atoms with E-state index in [4.69, 9.17) is 0 Å². The van der Waals surface area contributed by atoms with Crippen LogP contribution in [0.3, 0.4) is 0 Å². The minimum atomic E-state index is 0.924. The van der Waals surface area contributed by atoms with Crippen LogP contribution in [-0.2, 0) is 6.54 Å². The lowest BCUT2D eigenvalue weighted by Gasteiger charge is -2.08. The molecule has 0 saturated carbocycles. The van der Waals surface area contributed by atoms with Gasteiger partial charge in [-0.1, -0.05) is 48.0 Å². The fraction of sp³-hybridized carbons (Fsp3) is 0.250. The van der Waals surface area contributed by atoms with Crippen molar-refractivity contribution in [2.75, 3.05) is 7.05 Å². The van der Waals surface area contributed by atoms with E-state index in [2.05, 4.69) is 61.6 Å². The molecule has 2 rings (SSSR count). The molecule has 0 fully saturated rings. The van der Waals surface area contributed by atoms with Gasteiger partial charge in [-0.2, -0.15) is 0 Å². The van der Waals surface area contributed by atoms with Crippen LogP contribution in [0.15, 0.2) is 42.5 Å². The van der Waals surface area contributed by atoms with Crippen LogP contribution in [0.2, 0.25) is 0 Å². The summed E-state index contributed by atoms with van der Waals surface area (Å²) in [5.41, 5.74) is 6.60. The second-order valence-electron chi connectivity index (χ2n) is 4.55. The van der Waals surface area contributed by atoms with Crippen LogP contribution < -0.4 is 5.32 Å². The van der Waals surface area contributed by atoms with Crippen molar-refractivity contribution < 1.29 is 0 Å². The predicted octanol–water partition coefficient (Wildman–Crippen LogP) is 3.69. The van der Waals surface area contributed by atoms with Crippen LogP contribution in [0.5, 0.6) is 0 Å². The normalized spacial score (nSPS) is 10.5. The molecule has 17 heavy (non-hydrogen) atoms. The summed E-state index contributed by atoms with van der Waals surface area (Å²) in [6.07, 6.45) is 0. The zero-order valence-electron chi connectivity index (χ0n) is 10.7. The van der Waals surface area contributed by atoms with E-state index in [1.807, 2.05) is 7.05 Å². The summed E-state index contributed by atoms with van der Waals surface area (Å²) in [7, 11) is 1.97. The topological polar surface area (TPSA) is 12.0 Å². The first kappa shape index (κ1) is 11.9. The van der Waals surface area contributed by atoms with Crippen molar-refractivity contribution in [2.45, 2.75) is 20.4 Å². The maximum absolute atomic E-state index is 3.16. The van der Waals surface area contributed by atoms with Crippen LogP contribution in [0.25, 0.3) is 11.1 Å². The van der Waals surface area contributed by atoms with E-state index < -0.39 is 0 Å². The van der Waals surface area contributed by atoms with Gasteiger partial charge in [0, 0.05) is 6.54 Å². The molecular formula is C16H19N. The zero-order valence-corrected chi connectivity index (χ0v) is 10.7. The molecule has 0 heterocycles. The lowest BCUT2D eigenvalue weighted by atomic mass is 9.98. The zero-order chi connectivity index (χ0) is 12.3. The van der Waals surface area contributed by atoms with E-state index in [1.54, 1.807) is 0 Å². The molecule has 0 radical (unpaired) electrons. The predicted molar refractivity (Wildman–Crippen MR) is 74.1 cm³/mol. The molecule has 1 N–H and O–H groups in total. The monoisotopic (exact) mass is 225 g/mol. The Bertz CT molecular complexity index is 497. The van der Waals surface area contributed by atoms with Crippen molar-refractivity contribution in [2.24, 2.45) is 0 Å². The van der Waals surface area contributed by atoms with Crippen LogP contribution >= 0.6 is 0 Å². The van der Waals surface area contributed by atoms with Gasteiger partial charge in [0.2, 0.25) is 0 Å². The number of aryl methyl sites for hydroxylation is 2. The summed E-state index contributed by atoms with van der Waals surface area (Å²) < 4.78 is 0. The fourth-order valence-electron chi connectivity index (χ4n) is 2.14. The van der Waals surface area contributed by atoms with Crippen molar-refractivity contribution in [3.8, 4) is 11.1 Å². The average molecular weight is 225 g/mol. The molecule has 0 unspecified atom stereocenters. The Morgan fingerprint density at radius 3 is 2.24 bits per heavy atom. The van der Waals surface area contributed by atoms with Crippen LogP contribution in [0.4, 0.5) is 0 Å². The number of nitrogens with one attached hydrogen (secondary N) is 1. The molecule has 0 aliphatic carbocycles. The second kappa shape index (κ2) is 5.15. The Morgan fingerprint density at radius 1 is 0.941 bits per heavy atom. The molecule has 0 atom stereocenters. The summed E-state index contributed by atoms with van der Waals surface area (Å²) >= 11 is 0. The van der Waals surface area contributed by atoms with E-state index >= 15 is 0 Å². The quantitative estimate of drug-likeness (QED) is 0.840. The Hall–Kier alpha value is -1.60. The van der Waals surface area contributed by atoms with E-state index in [1.165, 1.54) is 27.8 Å². The average Bonchev–Trinajstić information content (AvgIpc) is 2.31. The van der Waals surface area contributed by atoms with Gasteiger partial charge in [-0.15, -0.1) is 0 Å². The molecule has 1 nitrogen and oxygen atoms in total. The molecule has 0 aliphatic heterocycles. The van der Waals surface area contributed by atoms with E-state index in [-0.39, 0.29) is 0 Å². The number of hydrogen-bond donors (Lipinski definition) is 1. The van der Waals surface area contributed by atoms with Crippen molar-refractivity contribution in [1.29, 1.82) is 0 Å². The highest BCUT2D eigenvalue weighted by molar-refractivity contribution is 5.67. The molecule has 0 aromatic heterocycles. The SMILES string of the molecule is CNCc1ccc(-c2ccc(C)cc2C)cc1. The van der Waals surface area contributed by atoms with Crippen molar-refractivity contribution >= 4 is 0 Å². The Balaban J connectivity index is 2.33. The van der Waals surface area contributed by atoms with Crippen molar-refractivity contribution in [3.05, 3.63) is 59.2 Å². The van der Waals surface area contributed by atoms with Gasteiger partial charge in [0.15, 0.2) is 0 Å². The molecule has 0 bridgehead atoms. The van der Waals surface area contributed by atoms with Gasteiger partial charge in [-0.25, -0.2) is 0 Å². The molecule has 88 valence electrons. The first-order valence-electron chi connectivity index (χ1n) is 6.02. The molecule has 1 heteroatoms. The maximum atomic E-state index is 3.16. The number of hydrogen-bond acceptors (Lipinski definition) is 1. The largest absolute Gasteiger partial charge is 0.316 e. The summed E-state index contributed by atoms with van der Waals surface area (Å²) in [5.74, 6) is 0. The first-order chi connectivity index (χ1) is 8.20. The Morgan fingerprint density at radius 2 is 1.65 bits per heavy atom. The van der Waals surface area contributed by atoms with E-state index in [0.717, 1.165) is 6.54 Å². The highest BCUT2D eigenvalue weighted by Crippen LogP contribution is 2.24. The highest BCUT2D eigenvalue weighted by Gasteiger charge is 2.01. The van der Waals surface area contributed by atoms with Gasteiger partial charge in [0.25, 0.3) is 0 Å². The van der Waals surface area contributed by atoms with Gasteiger partial charge in [-0.05, 0) is 43.1 Å². The number of rotatable bonds is 3. The van der Waals surface area contributed by atoms with Gasteiger partial charge in [-0.3, -0.25) is 0 Å². The van der Waals surface area contributed by atoms with Gasteiger partial charge in [0.05, 0.1) is 0 Å². The molecular weight excluding hydrogens is 206 g/mol. The summed E-state index contributed by atoms with van der Waals surface area (Å²) in [4.78, 5) is 0. The van der Waals surface area contributed by atoms with Crippen LogP contribution in [-0.4, -0.2) is 7.05 Å². The third-order valence-corrected chi connectivity index (χ3v) is 3.03. The lowest BCUT2D eigenvalue weighted by molar-refractivity contribution is 0.818. The molecule has 2 aromatic carbocycles. The van der Waals surface area contributed by atoms with Crippen LogP contribution in [0, 0.1) is 13.8 Å². The smallest absolute Gasteiger partial charge is 0.0202 e. The molecule has 2 aromatic rings. The van der Waals surface area contributed by atoms with Crippen molar-refractivity contribution in [1.82, 2.24) is 5.32 Å². The molecule has 0 aliphatic rings. The summed E-state index contributed by atoms with van der Waals surface area (Å²) in [6, 6.07) is 15.4. The summed E-state index contributed by atoms with van der Waals surface area (Å²) in [5, 5.41) is 3.16. The molecule has 0 spiro atoms. The third kappa shape index (κ3) is 2.75. The lowest BCUT2D eigenvalue weighted by Crippen LogP contribution is -2.04.